The number of hydrogen-bond acceptors (Lipinski definition) is 4. The van der Waals surface area contributed by atoms with E-state index in [1.54, 1.807) is 24.3 Å². The zero-order valence-corrected chi connectivity index (χ0v) is 17.8. The van der Waals surface area contributed by atoms with Crippen molar-refractivity contribution >= 4 is 17.6 Å². The molecule has 1 N–H and O–H groups in total. The maximum atomic E-state index is 12.0. The van der Waals surface area contributed by atoms with Crippen LogP contribution in [0.3, 0.4) is 0 Å². The number of rotatable bonds is 15. The molecule has 28 heavy (non-hydrogen) atoms. The van der Waals surface area contributed by atoms with Crippen LogP contribution in [0.2, 0.25) is 0 Å². The van der Waals surface area contributed by atoms with Crippen molar-refractivity contribution in [3.63, 3.8) is 0 Å². The van der Waals surface area contributed by atoms with E-state index in [1.807, 2.05) is 0 Å². The van der Waals surface area contributed by atoms with Crippen LogP contribution in [0, 0.1) is 0 Å². The standard InChI is InChI=1S/C23H37NO4/c1-4-5-6-7-8-9-10-11-12-13-14-22(23(26)27-3)28-21-17-15-20(16-18-21)24-19(2)25/h15-18,22H,4-14H2,1-3H3,(H,24,25)/t22-/m0/s1. The summed E-state index contributed by atoms with van der Waals surface area (Å²) in [5.41, 5.74) is 0.698. The maximum Gasteiger partial charge on any atom is 0.347 e. The molecule has 1 amide bonds. The average molecular weight is 392 g/mol. The Labute approximate surface area is 170 Å². The minimum atomic E-state index is -0.592. The summed E-state index contributed by atoms with van der Waals surface area (Å²) in [5.74, 6) is 0.125. The van der Waals surface area contributed by atoms with Gasteiger partial charge in [-0.05, 0) is 37.1 Å². The Balaban J connectivity index is 2.29. The van der Waals surface area contributed by atoms with Crippen LogP contribution in [0.15, 0.2) is 24.3 Å². The third kappa shape index (κ3) is 11.0. The number of methoxy groups -OCH3 is 1. The van der Waals surface area contributed by atoms with E-state index < -0.39 is 6.10 Å². The minimum absolute atomic E-state index is 0.123. The van der Waals surface area contributed by atoms with Gasteiger partial charge in [-0.1, -0.05) is 64.7 Å². The number of carbonyl (C=O) groups excluding carboxylic acids is 2. The van der Waals surface area contributed by atoms with Gasteiger partial charge in [0.2, 0.25) is 5.91 Å². The monoisotopic (exact) mass is 391 g/mol. The Morgan fingerprint density at radius 1 is 0.893 bits per heavy atom. The Morgan fingerprint density at radius 2 is 1.43 bits per heavy atom. The van der Waals surface area contributed by atoms with Crippen molar-refractivity contribution < 1.29 is 19.1 Å². The molecule has 0 aliphatic heterocycles. The molecule has 0 saturated heterocycles. The van der Waals surface area contributed by atoms with E-state index >= 15 is 0 Å². The third-order valence-electron chi connectivity index (χ3n) is 4.74. The first-order valence-corrected chi connectivity index (χ1v) is 10.7. The molecular weight excluding hydrogens is 354 g/mol. The van der Waals surface area contributed by atoms with E-state index in [2.05, 4.69) is 12.2 Å². The molecule has 5 heteroatoms. The van der Waals surface area contributed by atoms with Crippen molar-refractivity contribution in [3.05, 3.63) is 24.3 Å². The minimum Gasteiger partial charge on any atom is -0.479 e. The molecule has 0 spiro atoms. The van der Waals surface area contributed by atoms with Gasteiger partial charge in [0, 0.05) is 12.6 Å². The smallest absolute Gasteiger partial charge is 0.347 e. The fraction of sp³-hybridized carbons (Fsp3) is 0.652. The van der Waals surface area contributed by atoms with Gasteiger partial charge in [-0.2, -0.15) is 0 Å². The molecule has 1 aromatic carbocycles. The maximum absolute atomic E-state index is 12.0. The molecule has 1 aromatic rings. The molecule has 0 fully saturated rings. The van der Waals surface area contributed by atoms with E-state index in [-0.39, 0.29) is 11.9 Å². The van der Waals surface area contributed by atoms with Gasteiger partial charge in [0.1, 0.15) is 5.75 Å². The van der Waals surface area contributed by atoms with Crippen LogP contribution < -0.4 is 10.1 Å². The third-order valence-corrected chi connectivity index (χ3v) is 4.74. The van der Waals surface area contributed by atoms with Crippen LogP contribution in [0.1, 0.15) is 84.5 Å². The summed E-state index contributed by atoms with van der Waals surface area (Å²) in [6.07, 6.45) is 12.6. The molecular formula is C23H37NO4. The predicted molar refractivity (Wildman–Crippen MR) is 114 cm³/mol. The first-order chi connectivity index (χ1) is 13.6. The largest absolute Gasteiger partial charge is 0.479 e. The number of unbranched alkanes of at least 4 members (excludes halogenated alkanes) is 9. The van der Waals surface area contributed by atoms with E-state index in [1.165, 1.54) is 65.4 Å². The summed E-state index contributed by atoms with van der Waals surface area (Å²) in [6.45, 7) is 3.70. The van der Waals surface area contributed by atoms with E-state index in [4.69, 9.17) is 9.47 Å². The highest BCUT2D eigenvalue weighted by molar-refractivity contribution is 5.88. The molecule has 0 unspecified atom stereocenters. The number of amides is 1. The molecule has 1 atom stereocenters. The average Bonchev–Trinajstić information content (AvgIpc) is 2.68. The molecule has 0 bridgehead atoms. The SMILES string of the molecule is CCCCCCCCCCCC[C@H](Oc1ccc(NC(C)=O)cc1)C(=O)OC. The van der Waals surface area contributed by atoms with Crippen LogP contribution >= 0.6 is 0 Å². The summed E-state index contributed by atoms with van der Waals surface area (Å²) in [5, 5.41) is 2.71. The second-order valence-electron chi connectivity index (χ2n) is 7.31. The quantitative estimate of drug-likeness (QED) is 0.300. The fourth-order valence-corrected chi connectivity index (χ4v) is 3.16. The Morgan fingerprint density at radius 3 is 1.93 bits per heavy atom. The van der Waals surface area contributed by atoms with Gasteiger partial charge in [0.25, 0.3) is 0 Å². The Bertz CT molecular complexity index is 556. The highest BCUT2D eigenvalue weighted by Gasteiger charge is 2.20. The summed E-state index contributed by atoms with van der Waals surface area (Å²) in [7, 11) is 1.39. The molecule has 0 saturated carbocycles. The first-order valence-electron chi connectivity index (χ1n) is 10.7. The van der Waals surface area contributed by atoms with Crippen molar-refractivity contribution in [2.75, 3.05) is 12.4 Å². The van der Waals surface area contributed by atoms with Gasteiger partial charge in [-0.25, -0.2) is 4.79 Å². The molecule has 0 aromatic heterocycles. The molecule has 158 valence electrons. The predicted octanol–water partition coefficient (Wildman–Crippen LogP) is 5.88. The number of nitrogens with one attached hydrogen (secondary N) is 1. The Kier molecular flexibility index (Phi) is 12.8. The fourth-order valence-electron chi connectivity index (χ4n) is 3.16. The van der Waals surface area contributed by atoms with E-state index in [0.717, 1.165) is 12.8 Å². The normalized spacial score (nSPS) is 11.7. The first kappa shape index (κ1) is 24.0. The van der Waals surface area contributed by atoms with E-state index in [9.17, 15) is 9.59 Å². The van der Waals surface area contributed by atoms with Crippen LogP contribution in [0.25, 0.3) is 0 Å². The topological polar surface area (TPSA) is 64.6 Å². The molecule has 0 aliphatic carbocycles. The zero-order chi connectivity index (χ0) is 20.6. The van der Waals surface area contributed by atoms with E-state index in [0.29, 0.717) is 17.9 Å². The van der Waals surface area contributed by atoms with Gasteiger partial charge >= 0.3 is 5.97 Å². The lowest BCUT2D eigenvalue weighted by atomic mass is 10.0. The number of ether oxygens (including phenoxy) is 2. The number of carbonyl (C=O) groups is 2. The lowest BCUT2D eigenvalue weighted by Gasteiger charge is -2.17. The number of benzene rings is 1. The number of anilines is 1. The van der Waals surface area contributed by atoms with Crippen LogP contribution in [-0.4, -0.2) is 25.1 Å². The van der Waals surface area contributed by atoms with Gasteiger partial charge in [0.05, 0.1) is 7.11 Å². The summed E-state index contributed by atoms with van der Waals surface area (Å²) in [6, 6.07) is 7.01. The number of hydrogen-bond donors (Lipinski definition) is 1. The summed E-state index contributed by atoms with van der Waals surface area (Å²) in [4.78, 5) is 23.1. The number of esters is 1. The summed E-state index contributed by atoms with van der Waals surface area (Å²) < 4.78 is 10.7. The van der Waals surface area contributed by atoms with Gasteiger partial charge in [-0.15, -0.1) is 0 Å². The van der Waals surface area contributed by atoms with Gasteiger partial charge in [-0.3, -0.25) is 4.79 Å². The molecule has 1 rings (SSSR count). The van der Waals surface area contributed by atoms with Crippen LogP contribution in [0.4, 0.5) is 5.69 Å². The highest BCUT2D eigenvalue weighted by atomic mass is 16.6. The van der Waals surface area contributed by atoms with Crippen LogP contribution in [0.5, 0.6) is 5.75 Å². The van der Waals surface area contributed by atoms with Crippen molar-refractivity contribution in [1.82, 2.24) is 0 Å². The zero-order valence-electron chi connectivity index (χ0n) is 17.8. The van der Waals surface area contributed by atoms with Crippen molar-refractivity contribution in [3.8, 4) is 5.75 Å². The summed E-state index contributed by atoms with van der Waals surface area (Å²) >= 11 is 0. The van der Waals surface area contributed by atoms with Crippen LogP contribution in [-0.2, 0) is 14.3 Å². The van der Waals surface area contributed by atoms with Crippen molar-refractivity contribution in [2.24, 2.45) is 0 Å². The molecule has 5 nitrogen and oxygen atoms in total. The van der Waals surface area contributed by atoms with Crippen molar-refractivity contribution in [2.45, 2.75) is 90.6 Å². The van der Waals surface area contributed by atoms with Crippen molar-refractivity contribution in [1.29, 1.82) is 0 Å². The lowest BCUT2D eigenvalue weighted by molar-refractivity contribution is -0.149. The molecule has 0 aliphatic rings. The lowest BCUT2D eigenvalue weighted by Crippen LogP contribution is -2.28. The van der Waals surface area contributed by atoms with Gasteiger partial charge < -0.3 is 14.8 Å². The second-order valence-corrected chi connectivity index (χ2v) is 7.31. The molecule has 0 heterocycles. The second kappa shape index (κ2) is 14.9. The van der Waals surface area contributed by atoms with Gasteiger partial charge in [0.15, 0.2) is 6.10 Å². The molecule has 0 radical (unpaired) electrons. The highest BCUT2D eigenvalue weighted by Crippen LogP contribution is 2.20. The Hall–Kier alpha value is -2.04.